The van der Waals surface area contributed by atoms with Crippen LogP contribution in [0.3, 0.4) is 0 Å². The Labute approximate surface area is 124 Å². The van der Waals surface area contributed by atoms with Gasteiger partial charge in [-0.25, -0.2) is 0 Å². The molecule has 3 heteroatoms. The molecule has 0 saturated heterocycles. The normalized spacial score (nSPS) is 17.6. The van der Waals surface area contributed by atoms with Crippen LogP contribution < -0.4 is 0 Å². The largest absolute Gasteiger partial charge is 2.00 e. The van der Waals surface area contributed by atoms with Crippen molar-refractivity contribution in [1.29, 1.82) is 0 Å². The first-order chi connectivity index (χ1) is 5.83. The molecule has 74 valence electrons. The maximum Gasteiger partial charge on any atom is 2.00 e. The van der Waals surface area contributed by atoms with Crippen LogP contribution in [0.5, 0.6) is 0 Å². The van der Waals surface area contributed by atoms with Crippen molar-refractivity contribution in [3.05, 3.63) is 0 Å². The number of rotatable bonds is 3. The number of hydrogen-bond donors (Lipinski definition) is 0. The van der Waals surface area contributed by atoms with Gasteiger partial charge in [0.25, 0.3) is 0 Å². The summed E-state index contributed by atoms with van der Waals surface area (Å²) in [5.41, 5.74) is 0. The van der Waals surface area contributed by atoms with Crippen LogP contribution in [0.2, 0.25) is 0 Å². The van der Waals surface area contributed by atoms with Crippen molar-refractivity contribution in [3.8, 4) is 0 Å². The number of ether oxygens (including phenoxy) is 1. The molecule has 0 unspecified atom stereocenters. The minimum absolute atomic E-state index is 0. The Bertz CT molecular complexity index is 150. The van der Waals surface area contributed by atoms with Gasteiger partial charge in [-0.2, -0.15) is 0 Å². The second-order valence-corrected chi connectivity index (χ2v) is 3.50. The Morgan fingerprint density at radius 1 is 1.38 bits per heavy atom. The molecule has 1 aliphatic rings. The van der Waals surface area contributed by atoms with Crippen LogP contribution in [0.25, 0.3) is 0 Å². The smallest absolute Gasteiger partial charge is 1.00 e. The molecular weight excluding hydrogens is 289 g/mol. The minimum atomic E-state index is -0.00981. The fraction of sp³-hybridized carbons (Fsp3) is 0.900. The molecule has 0 aromatic rings. The fourth-order valence-corrected chi connectivity index (χ4v) is 1.63. The van der Waals surface area contributed by atoms with Gasteiger partial charge in [-0.05, 0) is 32.1 Å². The molecule has 0 N–H and O–H groups in total. The molecule has 0 bridgehead atoms. The third-order valence-corrected chi connectivity index (χ3v) is 2.30. The molecule has 0 radical (unpaired) electrons. The predicted octanol–water partition coefficient (Wildman–Crippen LogP) is 2.51. The number of carbonyl (C=O) groups is 1. The zero-order valence-corrected chi connectivity index (χ0v) is 13.0. The van der Waals surface area contributed by atoms with Gasteiger partial charge in [0.15, 0.2) is 0 Å². The molecule has 1 saturated carbocycles. The Kier molecular flexibility index (Phi) is 9.03. The summed E-state index contributed by atoms with van der Waals surface area (Å²) in [6.07, 6.45) is 7.63. The monoisotopic (exact) mass is 310 g/mol. The van der Waals surface area contributed by atoms with Gasteiger partial charge in [0, 0.05) is 6.42 Å². The van der Waals surface area contributed by atoms with Gasteiger partial charge in [0.2, 0.25) is 0 Å². The van der Waals surface area contributed by atoms with Gasteiger partial charge < -0.3 is 7.59 Å². The number of esters is 1. The molecule has 1 rings (SSSR count). The average Bonchev–Trinajstić information content (AvgIpc) is 2.06. The molecule has 2 nitrogen and oxygen atoms in total. The van der Waals surface area contributed by atoms with E-state index < -0.39 is 0 Å². The summed E-state index contributed by atoms with van der Waals surface area (Å²) in [5, 5.41) is 0. The van der Waals surface area contributed by atoms with Crippen LogP contribution in [-0.4, -0.2) is 61.0 Å². The molecule has 0 aromatic carbocycles. The van der Waals surface area contributed by atoms with Gasteiger partial charge in [-0.15, -0.1) is 0 Å². The Morgan fingerprint density at radius 3 is 2.54 bits per heavy atom. The standard InChI is InChI=1S/C10H18O2.Ba.2H/c1-2-6-10(11)12-9-7-4-3-5-8-9;;;/h9H,2-8H2,1H3;;;/q;+2;2*-1. The van der Waals surface area contributed by atoms with Crippen molar-refractivity contribution < 1.29 is 12.4 Å². The van der Waals surface area contributed by atoms with Gasteiger partial charge in [0.05, 0.1) is 0 Å². The second-order valence-electron chi connectivity index (χ2n) is 3.50. The quantitative estimate of drug-likeness (QED) is 0.591. The zero-order valence-electron chi connectivity index (χ0n) is 10.6. The molecule has 13 heavy (non-hydrogen) atoms. The van der Waals surface area contributed by atoms with E-state index in [9.17, 15) is 4.79 Å². The van der Waals surface area contributed by atoms with E-state index in [1.807, 2.05) is 6.92 Å². The summed E-state index contributed by atoms with van der Waals surface area (Å²) in [6, 6.07) is 0. The molecule has 1 fully saturated rings. The van der Waals surface area contributed by atoms with Crippen LogP contribution in [0, 0.1) is 0 Å². The SMILES string of the molecule is CCCC(=O)OC1CCCCC1.[Ba+2].[H-].[H-]. The van der Waals surface area contributed by atoms with Crippen LogP contribution in [-0.2, 0) is 9.53 Å². The van der Waals surface area contributed by atoms with E-state index in [4.69, 9.17) is 4.74 Å². The van der Waals surface area contributed by atoms with E-state index in [-0.39, 0.29) is 63.8 Å². The van der Waals surface area contributed by atoms with Gasteiger partial charge in [-0.1, -0.05) is 13.3 Å². The summed E-state index contributed by atoms with van der Waals surface area (Å²) in [4.78, 5) is 11.1. The molecule has 0 heterocycles. The van der Waals surface area contributed by atoms with Crippen molar-refractivity contribution >= 4 is 54.9 Å². The first-order valence-electron chi connectivity index (χ1n) is 5.02. The summed E-state index contributed by atoms with van der Waals surface area (Å²) >= 11 is 0. The minimum Gasteiger partial charge on any atom is -1.00 e. The van der Waals surface area contributed by atoms with E-state index in [0.717, 1.165) is 19.3 Å². The van der Waals surface area contributed by atoms with Crippen molar-refractivity contribution in [3.63, 3.8) is 0 Å². The molecule has 1 aliphatic carbocycles. The van der Waals surface area contributed by atoms with Crippen LogP contribution in [0.15, 0.2) is 0 Å². The van der Waals surface area contributed by atoms with E-state index in [1.165, 1.54) is 19.3 Å². The number of carbonyl (C=O) groups excluding carboxylic acids is 1. The van der Waals surface area contributed by atoms with Crippen LogP contribution >= 0.6 is 0 Å². The summed E-state index contributed by atoms with van der Waals surface area (Å²) in [7, 11) is 0. The molecule has 0 spiro atoms. The molecule has 0 amide bonds. The summed E-state index contributed by atoms with van der Waals surface area (Å²) < 4.78 is 5.29. The molecule has 0 aliphatic heterocycles. The van der Waals surface area contributed by atoms with Gasteiger partial charge in [0.1, 0.15) is 6.10 Å². The van der Waals surface area contributed by atoms with E-state index >= 15 is 0 Å². The van der Waals surface area contributed by atoms with Gasteiger partial charge >= 0.3 is 54.9 Å². The number of hydrogen-bond acceptors (Lipinski definition) is 2. The first kappa shape index (κ1) is 14.0. The Balaban J connectivity index is -0.000000480. The van der Waals surface area contributed by atoms with Crippen molar-refractivity contribution in [2.24, 2.45) is 0 Å². The fourth-order valence-electron chi connectivity index (χ4n) is 1.63. The summed E-state index contributed by atoms with van der Waals surface area (Å²) in [6.45, 7) is 2.00. The predicted molar refractivity (Wildman–Crippen MR) is 55.9 cm³/mol. The maximum absolute atomic E-state index is 11.1. The Hall–Kier alpha value is 1.04. The molecular formula is C10H20BaO2. The maximum atomic E-state index is 11.1. The van der Waals surface area contributed by atoms with E-state index in [1.54, 1.807) is 0 Å². The molecule has 0 aromatic heterocycles. The summed E-state index contributed by atoms with van der Waals surface area (Å²) in [5.74, 6) is -0.00981. The third-order valence-electron chi connectivity index (χ3n) is 2.30. The van der Waals surface area contributed by atoms with Crippen LogP contribution in [0.4, 0.5) is 0 Å². The van der Waals surface area contributed by atoms with Gasteiger partial charge in [-0.3, -0.25) is 4.79 Å². The van der Waals surface area contributed by atoms with Crippen LogP contribution in [0.1, 0.15) is 54.7 Å². The second kappa shape index (κ2) is 8.36. The van der Waals surface area contributed by atoms with E-state index in [0.29, 0.717) is 6.42 Å². The first-order valence-corrected chi connectivity index (χ1v) is 5.02. The topological polar surface area (TPSA) is 26.3 Å². The molecule has 0 atom stereocenters. The third kappa shape index (κ3) is 6.18. The zero-order chi connectivity index (χ0) is 8.81. The van der Waals surface area contributed by atoms with Crippen molar-refractivity contribution in [2.45, 2.75) is 58.0 Å². The van der Waals surface area contributed by atoms with E-state index in [2.05, 4.69) is 0 Å². The Morgan fingerprint density at radius 2 is 2.00 bits per heavy atom. The average molecular weight is 310 g/mol. The van der Waals surface area contributed by atoms with Crippen molar-refractivity contribution in [1.82, 2.24) is 0 Å². The van der Waals surface area contributed by atoms with Crippen molar-refractivity contribution in [2.75, 3.05) is 0 Å².